The van der Waals surface area contributed by atoms with Gasteiger partial charge in [-0.2, -0.15) is 0 Å². The topological polar surface area (TPSA) is 76.7 Å². The Bertz CT molecular complexity index is 758. The molecule has 0 aliphatic carbocycles. The average Bonchev–Trinajstić information content (AvgIpc) is 2.81. The molecule has 0 aliphatic heterocycles. The summed E-state index contributed by atoms with van der Waals surface area (Å²) >= 11 is 11.8. The van der Waals surface area contributed by atoms with Crippen LogP contribution in [0.15, 0.2) is 22.8 Å². The Balaban J connectivity index is 1.99. The minimum absolute atomic E-state index is 0.341. The molecular formula is C11H7Cl2N5O. The van der Waals surface area contributed by atoms with Crippen molar-refractivity contribution in [1.82, 2.24) is 20.3 Å². The Morgan fingerprint density at radius 2 is 1.79 bits per heavy atom. The van der Waals surface area contributed by atoms with E-state index in [4.69, 9.17) is 23.2 Å². The molecule has 0 radical (unpaired) electrons. The van der Waals surface area contributed by atoms with Gasteiger partial charge in [-0.25, -0.2) is 14.6 Å². The van der Waals surface area contributed by atoms with Gasteiger partial charge >= 0.3 is 0 Å². The zero-order valence-electron chi connectivity index (χ0n) is 9.69. The van der Waals surface area contributed by atoms with Gasteiger partial charge in [0, 0.05) is 5.69 Å². The molecule has 0 saturated carbocycles. The van der Waals surface area contributed by atoms with Crippen LogP contribution in [0.25, 0.3) is 11.3 Å². The van der Waals surface area contributed by atoms with Crippen molar-refractivity contribution in [2.24, 2.45) is 0 Å². The monoisotopic (exact) mass is 295 g/mol. The fourth-order valence-electron chi connectivity index (χ4n) is 1.55. The molecule has 0 fully saturated rings. The largest absolute Gasteiger partial charge is 0.339 e. The quantitative estimate of drug-likeness (QED) is 0.781. The lowest BCUT2D eigenvalue weighted by Crippen LogP contribution is -1.99. The molecule has 1 N–H and O–H groups in total. The summed E-state index contributed by atoms with van der Waals surface area (Å²) in [5, 5.41) is 11.3. The maximum Gasteiger partial charge on any atom is 0.245 e. The van der Waals surface area contributed by atoms with Crippen molar-refractivity contribution in [3.05, 3.63) is 33.9 Å². The Morgan fingerprint density at radius 1 is 1.05 bits per heavy atom. The van der Waals surface area contributed by atoms with E-state index >= 15 is 0 Å². The fraction of sp³-hybridized carbons (Fsp3) is 0.0909. The molecule has 96 valence electrons. The molecule has 0 spiro atoms. The zero-order chi connectivity index (χ0) is 13.4. The van der Waals surface area contributed by atoms with Crippen molar-refractivity contribution in [3.63, 3.8) is 0 Å². The Morgan fingerprint density at radius 3 is 2.53 bits per heavy atom. The summed E-state index contributed by atoms with van der Waals surface area (Å²) in [6.07, 6.45) is 0. The van der Waals surface area contributed by atoms with Crippen molar-refractivity contribution in [3.8, 4) is 0 Å². The van der Waals surface area contributed by atoms with Crippen molar-refractivity contribution >= 4 is 46.0 Å². The van der Waals surface area contributed by atoms with E-state index in [0.717, 1.165) is 5.69 Å². The number of hydrogen-bond acceptors (Lipinski definition) is 6. The molecule has 1 aromatic carbocycles. The number of rotatable bonds is 2. The number of benzene rings is 1. The minimum Gasteiger partial charge on any atom is -0.339 e. The number of fused-ring (bicyclic) bond motifs is 1. The van der Waals surface area contributed by atoms with Crippen LogP contribution in [-0.2, 0) is 0 Å². The summed E-state index contributed by atoms with van der Waals surface area (Å²) in [4.78, 5) is 8.49. The van der Waals surface area contributed by atoms with Crippen LogP contribution in [-0.4, -0.2) is 20.3 Å². The van der Waals surface area contributed by atoms with Gasteiger partial charge in [-0.3, -0.25) is 0 Å². The van der Waals surface area contributed by atoms with Gasteiger partial charge in [-0.1, -0.05) is 23.2 Å². The van der Waals surface area contributed by atoms with Gasteiger partial charge in [0.2, 0.25) is 11.3 Å². The summed E-state index contributed by atoms with van der Waals surface area (Å²) in [5.74, 6) is 0.557. The maximum atomic E-state index is 5.95. The molecule has 0 atom stereocenters. The summed E-state index contributed by atoms with van der Waals surface area (Å²) in [6.45, 7) is 1.81. The number of nitrogens with one attached hydrogen (secondary N) is 1. The lowest BCUT2D eigenvalue weighted by Gasteiger charge is -2.08. The van der Waals surface area contributed by atoms with E-state index in [2.05, 4.69) is 30.2 Å². The number of hydrogen-bond donors (Lipinski definition) is 1. The second kappa shape index (κ2) is 4.64. The van der Waals surface area contributed by atoms with Crippen LogP contribution in [0.4, 0.5) is 11.5 Å². The highest BCUT2D eigenvalue weighted by Gasteiger charge is 2.10. The third-order valence-corrected chi connectivity index (χ3v) is 3.21. The standard InChI is InChI=1S/C11H7Cl2N5O/c1-5-9(16-11-10(14-5)17-19-18-11)15-6-2-3-7(12)8(13)4-6/h2-4H,1H3,(H,15,16,18). The Hall–Kier alpha value is -1.92. The lowest BCUT2D eigenvalue weighted by molar-refractivity contribution is 0.314. The van der Waals surface area contributed by atoms with Crippen LogP contribution in [0, 0.1) is 6.92 Å². The molecule has 8 heteroatoms. The number of aromatic nitrogens is 4. The van der Waals surface area contributed by atoms with E-state index in [1.807, 2.05) is 0 Å². The summed E-state index contributed by atoms with van der Waals surface area (Å²) in [7, 11) is 0. The van der Waals surface area contributed by atoms with Gasteiger partial charge in [0.05, 0.1) is 15.7 Å². The molecule has 0 unspecified atom stereocenters. The van der Waals surface area contributed by atoms with Gasteiger partial charge in [0.15, 0.2) is 5.82 Å². The first-order valence-electron chi connectivity index (χ1n) is 5.32. The molecular weight excluding hydrogens is 289 g/mol. The molecule has 0 bridgehead atoms. The van der Waals surface area contributed by atoms with E-state index < -0.39 is 0 Å². The zero-order valence-corrected chi connectivity index (χ0v) is 11.2. The predicted octanol–water partition coefficient (Wildman–Crippen LogP) is 3.37. The van der Waals surface area contributed by atoms with E-state index in [0.29, 0.717) is 32.9 Å². The van der Waals surface area contributed by atoms with Gasteiger partial charge in [-0.15, -0.1) is 0 Å². The van der Waals surface area contributed by atoms with Crippen molar-refractivity contribution in [2.75, 3.05) is 5.32 Å². The number of aryl methyl sites for hydroxylation is 1. The first-order chi connectivity index (χ1) is 9.13. The van der Waals surface area contributed by atoms with E-state index in [9.17, 15) is 0 Å². The highest BCUT2D eigenvalue weighted by Crippen LogP contribution is 2.27. The second-order valence-corrected chi connectivity index (χ2v) is 4.64. The number of nitrogens with zero attached hydrogens (tertiary/aromatic N) is 4. The van der Waals surface area contributed by atoms with Crippen molar-refractivity contribution in [2.45, 2.75) is 6.92 Å². The smallest absolute Gasteiger partial charge is 0.245 e. The van der Waals surface area contributed by atoms with E-state index in [1.54, 1.807) is 25.1 Å². The summed E-state index contributed by atoms with van der Waals surface area (Å²) in [6, 6.07) is 5.20. The third kappa shape index (κ3) is 2.32. The number of anilines is 2. The first-order valence-corrected chi connectivity index (χ1v) is 6.08. The fourth-order valence-corrected chi connectivity index (χ4v) is 1.85. The van der Waals surface area contributed by atoms with Gasteiger partial charge in [0.25, 0.3) is 0 Å². The van der Waals surface area contributed by atoms with Crippen LogP contribution in [0.1, 0.15) is 5.69 Å². The van der Waals surface area contributed by atoms with Crippen LogP contribution in [0.3, 0.4) is 0 Å². The molecule has 0 amide bonds. The molecule has 0 aliphatic rings. The first kappa shape index (κ1) is 12.1. The second-order valence-electron chi connectivity index (χ2n) is 3.82. The van der Waals surface area contributed by atoms with Crippen LogP contribution >= 0.6 is 23.2 Å². The molecule has 2 aromatic heterocycles. The molecule has 2 heterocycles. The average molecular weight is 296 g/mol. The van der Waals surface area contributed by atoms with Crippen LogP contribution < -0.4 is 5.32 Å². The molecule has 6 nitrogen and oxygen atoms in total. The Kier molecular flexibility index (Phi) is 2.96. The van der Waals surface area contributed by atoms with Crippen molar-refractivity contribution < 1.29 is 4.63 Å². The molecule has 0 saturated heterocycles. The molecule has 3 aromatic rings. The normalized spacial score (nSPS) is 10.9. The summed E-state index contributed by atoms with van der Waals surface area (Å²) < 4.78 is 4.57. The van der Waals surface area contributed by atoms with Gasteiger partial charge in [0.1, 0.15) is 0 Å². The highest BCUT2D eigenvalue weighted by molar-refractivity contribution is 6.42. The van der Waals surface area contributed by atoms with E-state index in [1.165, 1.54) is 0 Å². The third-order valence-electron chi connectivity index (χ3n) is 2.47. The Labute approximate surface area is 117 Å². The molecule has 3 rings (SSSR count). The van der Waals surface area contributed by atoms with Crippen LogP contribution in [0.5, 0.6) is 0 Å². The minimum atomic E-state index is 0.341. The van der Waals surface area contributed by atoms with Crippen molar-refractivity contribution in [1.29, 1.82) is 0 Å². The van der Waals surface area contributed by atoms with Gasteiger partial charge in [-0.05, 0) is 35.4 Å². The van der Waals surface area contributed by atoms with Crippen LogP contribution in [0.2, 0.25) is 10.0 Å². The SMILES string of the molecule is Cc1nc2nonc2nc1Nc1ccc(Cl)c(Cl)c1. The number of halogens is 2. The summed E-state index contributed by atoms with van der Waals surface area (Å²) in [5.41, 5.74) is 2.14. The lowest BCUT2D eigenvalue weighted by atomic mass is 10.3. The van der Waals surface area contributed by atoms with E-state index in [-0.39, 0.29) is 0 Å². The predicted molar refractivity (Wildman–Crippen MR) is 71.9 cm³/mol. The highest BCUT2D eigenvalue weighted by atomic mass is 35.5. The van der Waals surface area contributed by atoms with Gasteiger partial charge < -0.3 is 5.32 Å². The molecule has 19 heavy (non-hydrogen) atoms. The maximum absolute atomic E-state index is 5.95.